The molecule has 3 rings (SSSR count). The number of nitrogens with two attached hydrogens (primary N) is 1. The average molecular weight is 279 g/mol. The van der Waals surface area contributed by atoms with Crippen LogP contribution in [-0.2, 0) is 7.05 Å². The van der Waals surface area contributed by atoms with Gasteiger partial charge in [-0.1, -0.05) is 6.07 Å². The number of aromatic nitrogens is 4. The van der Waals surface area contributed by atoms with Gasteiger partial charge in [-0.05, 0) is 24.3 Å². The summed E-state index contributed by atoms with van der Waals surface area (Å²) >= 11 is 0. The molecule has 3 aromatic rings. The largest absolute Gasteiger partial charge is 0.364 e. The molecule has 0 radical (unpaired) electrons. The Balaban J connectivity index is 2.13. The molecule has 0 saturated carbocycles. The molecule has 0 bridgehead atoms. The van der Waals surface area contributed by atoms with E-state index in [1.165, 1.54) is 0 Å². The van der Waals surface area contributed by atoms with E-state index in [0.717, 1.165) is 5.56 Å². The van der Waals surface area contributed by atoms with Gasteiger partial charge in [-0.15, -0.1) is 0 Å². The predicted octanol–water partition coefficient (Wildman–Crippen LogP) is 1.64. The Bertz CT molecular complexity index is 795. The second-order valence-corrected chi connectivity index (χ2v) is 4.57. The standard InChI is InChI=1S/C15H13N5O/c1-20-9-10(8-18-20)12-6-5-11(14(19-12)15(16)21)13-4-2-3-7-17-13/h2-9H,1H3,(H2,16,21). The summed E-state index contributed by atoms with van der Waals surface area (Å²) in [4.78, 5) is 20.3. The van der Waals surface area contributed by atoms with Crippen LogP contribution < -0.4 is 5.73 Å². The Hall–Kier alpha value is -3.02. The van der Waals surface area contributed by atoms with Crippen LogP contribution in [0.5, 0.6) is 0 Å². The smallest absolute Gasteiger partial charge is 0.268 e. The monoisotopic (exact) mass is 279 g/mol. The topological polar surface area (TPSA) is 86.7 Å². The van der Waals surface area contributed by atoms with E-state index in [9.17, 15) is 4.79 Å². The van der Waals surface area contributed by atoms with Crippen LogP contribution in [0.3, 0.4) is 0 Å². The van der Waals surface area contributed by atoms with Gasteiger partial charge < -0.3 is 5.73 Å². The minimum Gasteiger partial charge on any atom is -0.364 e. The normalized spacial score (nSPS) is 10.5. The second-order valence-electron chi connectivity index (χ2n) is 4.57. The van der Waals surface area contributed by atoms with Gasteiger partial charge in [0.15, 0.2) is 0 Å². The molecule has 0 unspecified atom stereocenters. The van der Waals surface area contributed by atoms with Gasteiger partial charge in [0.1, 0.15) is 5.69 Å². The molecule has 6 nitrogen and oxygen atoms in total. The lowest BCUT2D eigenvalue weighted by atomic mass is 10.1. The fourth-order valence-corrected chi connectivity index (χ4v) is 2.09. The summed E-state index contributed by atoms with van der Waals surface area (Å²) in [6.45, 7) is 0. The van der Waals surface area contributed by atoms with Crippen LogP contribution >= 0.6 is 0 Å². The minimum absolute atomic E-state index is 0.204. The van der Waals surface area contributed by atoms with Crippen molar-refractivity contribution in [1.82, 2.24) is 19.7 Å². The fourth-order valence-electron chi connectivity index (χ4n) is 2.09. The summed E-state index contributed by atoms with van der Waals surface area (Å²) in [6.07, 6.45) is 5.18. The summed E-state index contributed by atoms with van der Waals surface area (Å²) in [7, 11) is 1.82. The molecule has 104 valence electrons. The van der Waals surface area contributed by atoms with E-state index in [1.54, 1.807) is 23.1 Å². The molecule has 6 heteroatoms. The zero-order chi connectivity index (χ0) is 14.8. The van der Waals surface area contributed by atoms with Crippen LogP contribution in [0.2, 0.25) is 0 Å². The van der Waals surface area contributed by atoms with Crippen molar-refractivity contribution in [2.24, 2.45) is 12.8 Å². The van der Waals surface area contributed by atoms with Crippen molar-refractivity contribution in [3.05, 3.63) is 54.6 Å². The molecule has 0 saturated heterocycles. The molecular formula is C15H13N5O. The Morgan fingerprint density at radius 2 is 2.05 bits per heavy atom. The number of nitrogens with zero attached hydrogens (tertiary/aromatic N) is 4. The Labute approximate surface area is 121 Å². The molecule has 2 N–H and O–H groups in total. The summed E-state index contributed by atoms with van der Waals surface area (Å²) in [5.74, 6) is -0.582. The third-order valence-corrected chi connectivity index (χ3v) is 3.07. The Morgan fingerprint density at radius 1 is 1.19 bits per heavy atom. The number of pyridine rings is 2. The molecule has 0 atom stereocenters. The molecule has 0 aromatic carbocycles. The van der Waals surface area contributed by atoms with Gasteiger partial charge in [0.05, 0.1) is 17.6 Å². The van der Waals surface area contributed by atoms with Gasteiger partial charge in [-0.2, -0.15) is 5.10 Å². The number of rotatable bonds is 3. The molecule has 0 aliphatic heterocycles. The molecule has 1 amide bonds. The molecule has 0 aliphatic carbocycles. The zero-order valence-corrected chi connectivity index (χ0v) is 11.4. The number of carbonyl (C=O) groups is 1. The molecule has 0 aliphatic rings. The van der Waals surface area contributed by atoms with Crippen molar-refractivity contribution in [2.45, 2.75) is 0 Å². The van der Waals surface area contributed by atoms with Crippen LogP contribution in [0.25, 0.3) is 22.5 Å². The highest BCUT2D eigenvalue weighted by Crippen LogP contribution is 2.24. The third kappa shape index (κ3) is 2.51. The first-order valence-electron chi connectivity index (χ1n) is 6.36. The van der Waals surface area contributed by atoms with Gasteiger partial charge in [-0.25, -0.2) is 4.98 Å². The number of hydrogen-bond acceptors (Lipinski definition) is 4. The van der Waals surface area contributed by atoms with E-state index in [-0.39, 0.29) is 5.69 Å². The first-order valence-corrected chi connectivity index (χ1v) is 6.36. The molecule has 0 fully saturated rings. The second kappa shape index (κ2) is 5.16. The third-order valence-electron chi connectivity index (χ3n) is 3.07. The maximum Gasteiger partial charge on any atom is 0.268 e. The predicted molar refractivity (Wildman–Crippen MR) is 78.2 cm³/mol. The van der Waals surface area contributed by atoms with Crippen molar-refractivity contribution in [1.29, 1.82) is 0 Å². The first-order chi connectivity index (χ1) is 10.1. The van der Waals surface area contributed by atoms with Crippen molar-refractivity contribution in [3.63, 3.8) is 0 Å². The van der Waals surface area contributed by atoms with E-state index < -0.39 is 5.91 Å². The number of hydrogen-bond donors (Lipinski definition) is 1. The summed E-state index contributed by atoms with van der Waals surface area (Å²) in [5, 5.41) is 4.10. The summed E-state index contributed by atoms with van der Waals surface area (Å²) < 4.78 is 1.67. The zero-order valence-electron chi connectivity index (χ0n) is 11.4. The Kier molecular flexibility index (Phi) is 3.19. The van der Waals surface area contributed by atoms with Crippen LogP contribution in [-0.4, -0.2) is 25.7 Å². The van der Waals surface area contributed by atoms with Crippen LogP contribution in [0.15, 0.2) is 48.9 Å². The molecule has 3 aromatic heterocycles. The summed E-state index contributed by atoms with van der Waals surface area (Å²) in [6, 6.07) is 9.10. The van der Waals surface area contributed by atoms with Crippen molar-refractivity contribution < 1.29 is 4.79 Å². The lowest BCUT2D eigenvalue weighted by Gasteiger charge is -2.07. The molecule has 0 spiro atoms. The maximum absolute atomic E-state index is 11.7. The highest BCUT2D eigenvalue weighted by molar-refractivity contribution is 5.98. The number of aryl methyl sites for hydroxylation is 1. The van der Waals surface area contributed by atoms with Crippen LogP contribution in [0.4, 0.5) is 0 Å². The SMILES string of the molecule is Cn1cc(-c2ccc(-c3ccccn3)c(C(N)=O)n2)cn1. The van der Waals surface area contributed by atoms with E-state index >= 15 is 0 Å². The number of amides is 1. The van der Waals surface area contributed by atoms with Crippen LogP contribution in [0, 0.1) is 0 Å². The molecule has 3 heterocycles. The number of primary amides is 1. The van der Waals surface area contributed by atoms with Gasteiger partial charge in [0.25, 0.3) is 5.91 Å². The van der Waals surface area contributed by atoms with Crippen LogP contribution in [0.1, 0.15) is 10.5 Å². The van der Waals surface area contributed by atoms with E-state index in [4.69, 9.17) is 5.73 Å². The fraction of sp³-hybridized carbons (Fsp3) is 0.0667. The quantitative estimate of drug-likeness (QED) is 0.789. The number of carbonyl (C=O) groups excluding carboxylic acids is 1. The van der Waals surface area contributed by atoms with Crippen molar-refractivity contribution in [3.8, 4) is 22.5 Å². The lowest BCUT2D eigenvalue weighted by molar-refractivity contribution is 0.0996. The van der Waals surface area contributed by atoms with Crippen molar-refractivity contribution in [2.75, 3.05) is 0 Å². The summed E-state index contributed by atoms with van der Waals surface area (Å²) in [5.41, 5.74) is 8.42. The lowest BCUT2D eigenvalue weighted by Crippen LogP contribution is -2.15. The van der Waals surface area contributed by atoms with E-state index in [0.29, 0.717) is 17.0 Å². The average Bonchev–Trinajstić information content (AvgIpc) is 2.94. The van der Waals surface area contributed by atoms with E-state index in [2.05, 4.69) is 15.1 Å². The van der Waals surface area contributed by atoms with Gasteiger partial charge in [0, 0.05) is 30.6 Å². The first kappa shape index (κ1) is 13.0. The van der Waals surface area contributed by atoms with Gasteiger partial charge in [0.2, 0.25) is 0 Å². The van der Waals surface area contributed by atoms with Gasteiger partial charge in [-0.3, -0.25) is 14.5 Å². The Morgan fingerprint density at radius 3 is 2.67 bits per heavy atom. The van der Waals surface area contributed by atoms with E-state index in [1.807, 2.05) is 37.5 Å². The highest BCUT2D eigenvalue weighted by Gasteiger charge is 2.15. The maximum atomic E-state index is 11.7. The molecular weight excluding hydrogens is 266 g/mol. The highest BCUT2D eigenvalue weighted by atomic mass is 16.1. The molecule has 21 heavy (non-hydrogen) atoms. The van der Waals surface area contributed by atoms with Gasteiger partial charge >= 0.3 is 0 Å². The van der Waals surface area contributed by atoms with Crippen molar-refractivity contribution >= 4 is 5.91 Å². The minimum atomic E-state index is -0.582.